The molecule has 7 nitrogen and oxygen atoms in total. The quantitative estimate of drug-likeness (QED) is 0.709. The minimum absolute atomic E-state index is 0.0866. The maximum Gasteiger partial charge on any atom is 0.279 e. The molecule has 2 amide bonds. The third kappa shape index (κ3) is 5.59. The van der Waals surface area contributed by atoms with Crippen LogP contribution >= 0.6 is 23.2 Å². The van der Waals surface area contributed by atoms with Crippen LogP contribution in [0.15, 0.2) is 47.4 Å². The molecule has 0 aliphatic carbocycles. The Morgan fingerprint density at radius 2 is 1.67 bits per heavy atom. The van der Waals surface area contributed by atoms with E-state index in [4.69, 9.17) is 27.9 Å². The zero-order chi connectivity index (χ0) is 20.2. The fourth-order valence-electron chi connectivity index (χ4n) is 1.96. The Bertz CT molecular complexity index is 962. The van der Waals surface area contributed by atoms with Crippen molar-refractivity contribution in [3.63, 3.8) is 0 Å². The fourth-order valence-corrected chi connectivity index (χ4v) is 2.93. The van der Waals surface area contributed by atoms with Gasteiger partial charge >= 0.3 is 0 Å². The minimum Gasteiger partial charge on any atom is -0.479 e. The van der Waals surface area contributed by atoms with Crippen molar-refractivity contribution in [2.24, 2.45) is 0 Å². The van der Waals surface area contributed by atoms with Crippen LogP contribution in [-0.2, 0) is 14.6 Å². The van der Waals surface area contributed by atoms with Gasteiger partial charge in [-0.05, 0) is 43.3 Å². The van der Waals surface area contributed by atoms with Gasteiger partial charge in [-0.1, -0.05) is 29.3 Å². The molecule has 2 N–H and O–H groups in total. The summed E-state index contributed by atoms with van der Waals surface area (Å²) in [5, 5.41) is 0.460. The lowest BCUT2D eigenvalue weighted by Gasteiger charge is -2.16. The summed E-state index contributed by atoms with van der Waals surface area (Å²) in [6, 6.07) is 10.0. The van der Waals surface area contributed by atoms with Gasteiger partial charge in [0.25, 0.3) is 11.8 Å². The molecule has 0 aromatic heterocycles. The van der Waals surface area contributed by atoms with E-state index in [2.05, 4.69) is 10.9 Å². The van der Waals surface area contributed by atoms with Gasteiger partial charge in [0.05, 0.1) is 9.92 Å². The summed E-state index contributed by atoms with van der Waals surface area (Å²) < 4.78 is 28.3. The Kier molecular flexibility index (Phi) is 6.69. The summed E-state index contributed by atoms with van der Waals surface area (Å²) in [7, 11) is -3.36. The first-order chi connectivity index (χ1) is 12.6. The average Bonchev–Trinajstić information content (AvgIpc) is 2.62. The summed E-state index contributed by atoms with van der Waals surface area (Å²) in [5.74, 6) is -1.00. The number of benzene rings is 2. The van der Waals surface area contributed by atoms with E-state index < -0.39 is 27.8 Å². The first-order valence-electron chi connectivity index (χ1n) is 7.60. The molecule has 0 saturated heterocycles. The molecule has 0 heterocycles. The molecule has 2 aromatic carbocycles. The SMILES string of the molecule is CC(Oc1cccc(Cl)c1Cl)C(=O)NNC(=O)c1ccc(S(C)(=O)=O)cc1. The highest BCUT2D eigenvalue weighted by Crippen LogP contribution is 2.32. The number of nitrogens with one attached hydrogen (secondary N) is 2. The largest absolute Gasteiger partial charge is 0.479 e. The Labute approximate surface area is 166 Å². The van der Waals surface area contributed by atoms with E-state index in [1.54, 1.807) is 18.2 Å². The van der Waals surface area contributed by atoms with E-state index in [1.807, 2.05) is 0 Å². The number of hydrazine groups is 1. The number of ether oxygens (including phenoxy) is 1. The van der Waals surface area contributed by atoms with Crippen molar-refractivity contribution in [2.45, 2.75) is 17.9 Å². The van der Waals surface area contributed by atoms with Gasteiger partial charge in [0.15, 0.2) is 15.9 Å². The molecule has 1 unspecified atom stereocenters. The van der Waals surface area contributed by atoms with Gasteiger partial charge in [0.1, 0.15) is 10.8 Å². The van der Waals surface area contributed by atoms with Crippen LogP contribution in [0, 0.1) is 0 Å². The minimum atomic E-state index is -3.36. The van der Waals surface area contributed by atoms with Crippen molar-refractivity contribution >= 4 is 44.9 Å². The number of carbonyl (C=O) groups excluding carboxylic acids is 2. The lowest BCUT2D eigenvalue weighted by atomic mass is 10.2. The fraction of sp³-hybridized carbons (Fsp3) is 0.176. The normalized spacial score (nSPS) is 12.1. The summed E-state index contributed by atoms with van der Waals surface area (Å²) >= 11 is 11.9. The smallest absolute Gasteiger partial charge is 0.279 e. The van der Waals surface area contributed by atoms with Crippen LogP contribution in [0.4, 0.5) is 0 Å². The number of amides is 2. The second-order valence-electron chi connectivity index (χ2n) is 5.55. The van der Waals surface area contributed by atoms with Crippen molar-refractivity contribution < 1.29 is 22.7 Å². The maximum atomic E-state index is 12.1. The Morgan fingerprint density at radius 3 is 2.26 bits per heavy atom. The Hall–Kier alpha value is -2.29. The molecular formula is C17H16Cl2N2O5S. The molecule has 0 aliphatic rings. The van der Waals surface area contributed by atoms with E-state index in [9.17, 15) is 18.0 Å². The molecule has 2 rings (SSSR count). The molecule has 1 atom stereocenters. The topological polar surface area (TPSA) is 102 Å². The van der Waals surface area contributed by atoms with E-state index in [0.717, 1.165) is 6.26 Å². The van der Waals surface area contributed by atoms with Crippen molar-refractivity contribution in [1.82, 2.24) is 10.9 Å². The number of carbonyl (C=O) groups is 2. The van der Waals surface area contributed by atoms with Gasteiger partial charge in [-0.3, -0.25) is 20.4 Å². The van der Waals surface area contributed by atoms with Gasteiger partial charge in [0, 0.05) is 11.8 Å². The third-order valence-corrected chi connectivity index (χ3v) is 5.36. The van der Waals surface area contributed by atoms with E-state index in [1.165, 1.54) is 31.2 Å². The molecule has 0 aliphatic heterocycles. The summed E-state index contributed by atoms with van der Waals surface area (Å²) in [6.45, 7) is 1.47. The van der Waals surface area contributed by atoms with E-state index in [-0.39, 0.29) is 26.3 Å². The number of rotatable bonds is 5. The molecule has 0 bridgehead atoms. The molecule has 2 aromatic rings. The van der Waals surface area contributed by atoms with Gasteiger partial charge in [-0.25, -0.2) is 8.42 Å². The molecule has 0 spiro atoms. The highest BCUT2D eigenvalue weighted by atomic mass is 35.5. The van der Waals surface area contributed by atoms with Crippen LogP contribution in [0.1, 0.15) is 17.3 Å². The van der Waals surface area contributed by atoms with Gasteiger partial charge in [0.2, 0.25) is 0 Å². The second-order valence-corrected chi connectivity index (χ2v) is 8.35. The lowest BCUT2D eigenvalue weighted by Crippen LogP contribution is -2.47. The number of sulfone groups is 1. The molecule has 0 radical (unpaired) electrons. The number of hydrogen-bond acceptors (Lipinski definition) is 5. The van der Waals surface area contributed by atoms with Crippen molar-refractivity contribution in [3.05, 3.63) is 58.1 Å². The van der Waals surface area contributed by atoms with Crippen LogP contribution < -0.4 is 15.6 Å². The summed E-state index contributed by atoms with van der Waals surface area (Å²) in [4.78, 5) is 24.2. The monoisotopic (exact) mass is 430 g/mol. The predicted octanol–water partition coefficient (Wildman–Crippen LogP) is 2.63. The summed E-state index contributed by atoms with van der Waals surface area (Å²) in [6.07, 6.45) is 0.101. The number of hydrogen-bond donors (Lipinski definition) is 2. The van der Waals surface area contributed by atoms with Crippen molar-refractivity contribution in [3.8, 4) is 5.75 Å². The van der Waals surface area contributed by atoms with Crippen LogP contribution in [0.5, 0.6) is 5.75 Å². The maximum absolute atomic E-state index is 12.1. The standard InChI is InChI=1S/C17H16Cl2N2O5S/c1-10(26-14-5-3-4-13(18)15(14)19)16(22)20-21-17(23)11-6-8-12(9-7-11)27(2,24)25/h3-10H,1-2H3,(H,20,22)(H,21,23). The van der Waals surface area contributed by atoms with Crippen LogP contribution in [0.2, 0.25) is 10.0 Å². The zero-order valence-electron chi connectivity index (χ0n) is 14.3. The molecule has 0 saturated carbocycles. The van der Waals surface area contributed by atoms with Crippen molar-refractivity contribution in [1.29, 1.82) is 0 Å². The first-order valence-corrected chi connectivity index (χ1v) is 10.3. The molecule has 144 valence electrons. The predicted molar refractivity (Wildman–Crippen MR) is 102 cm³/mol. The highest BCUT2D eigenvalue weighted by Gasteiger charge is 2.18. The van der Waals surface area contributed by atoms with Crippen LogP contribution in [-0.4, -0.2) is 32.6 Å². The van der Waals surface area contributed by atoms with Crippen LogP contribution in [0.3, 0.4) is 0 Å². The molecule has 10 heteroatoms. The first kappa shape index (κ1) is 21.0. The van der Waals surface area contributed by atoms with E-state index in [0.29, 0.717) is 0 Å². The highest BCUT2D eigenvalue weighted by molar-refractivity contribution is 7.90. The van der Waals surface area contributed by atoms with Gasteiger partial charge in [-0.15, -0.1) is 0 Å². The van der Waals surface area contributed by atoms with Crippen molar-refractivity contribution in [2.75, 3.05) is 6.26 Å². The summed E-state index contributed by atoms with van der Waals surface area (Å²) in [5.41, 5.74) is 4.62. The molecule has 27 heavy (non-hydrogen) atoms. The average molecular weight is 431 g/mol. The second kappa shape index (κ2) is 8.60. The number of halogens is 2. The molecular weight excluding hydrogens is 415 g/mol. The molecule has 0 fully saturated rings. The van der Waals surface area contributed by atoms with Gasteiger partial charge < -0.3 is 4.74 Å². The van der Waals surface area contributed by atoms with Crippen LogP contribution in [0.25, 0.3) is 0 Å². The third-order valence-electron chi connectivity index (χ3n) is 3.43. The Balaban J connectivity index is 1.94. The Morgan fingerprint density at radius 1 is 1.04 bits per heavy atom. The lowest BCUT2D eigenvalue weighted by molar-refractivity contribution is -0.128. The zero-order valence-corrected chi connectivity index (χ0v) is 16.7. The van der Waals surface area contributed by atoms with Gasteiger partial charge in [-0.2, -0.15) is 0 Å². The van der Waals surface area contributed by atoms with E-state index >= 15 is 0 Å².